The van der Waals surface area contributed by atoms with E-state index < -0.39 is 0 Å². The van der Waals surface area contributed by atoms with E-state index in [1.54, 1.807) is 6.20 Å². The Morgan fingerprint density at radius 2 is 1.72 bits per heavy atom. The van der Waals surface area contributed by atoms with E-state index in [0.717, 1.165) is 11.1 Å². The number of hydrogen-bond acceptors (Lipinski definition) is 2. The number of nitrogens with zero attached hydrogens (tertiary/aromatic N) is 1. The number of aromatic nitrogens is 1. The number of pyridine rings is 1. The quantitative estimate of drug-likeness (QED) is 0.709. The Kier molecular flexibility index (Phi) is 2.65. The minimum absolute atomic E-state index is 0.495. The van der Waals surface area contributed by atoms with Crippen molar-refractivity contribution in [1.82, 2.24) is 4.98 Å². The molecule has 0 fully saturated rings. The molecule has 0 radical (unpaired) electrons. The molecule has 1 aromatic heterocycles. The summed E-state index contributed by atoms with van der Waals surface area (Å²) < 4.78 is 0. The second kappa shape index (κ2) is 4.31. The predicted molar refractivity (Wildman–Crippen MR) is 76.6 cm³/mol. The van der Waals surface area contributed by atoms with Crippen LogP contribution in [0.25, 0.3) is 21.9 Å². The van der Waals surface area contributed by atoms with Crippen LogP contribution in [0.2, 0.25) is 5.02 Å². The number of nitrogens with two attached hydrogens (primary N) is 1. The van der Waals surface area contributed by atoms with Gasteiger partial charge in [-0.2, -0.15) is 0 Å². The van der Waals surface area contributed by atoms with Gasteiger partial charge in [0.25, 0.3) is 0 Å². The van der Waals surface area contributed by atoms with Gasteiger partial charge in [-0.1, -0.05) is 48.0 Å². The molecule has 18 heavy (non-hydrogen) atoms. The largest absolute Gasteiger partial charge is 0.383 e. The fraction of sp³-hybridized carbons (Fsp3) is 0. The molecule has 0 aliphatic heterocycles. The summed E-state index contributed by atoms with van der Waals surface area (Å²) in [7, 11) is 0. The lowest BCUT2D eigenvalue weighted by atomic mass is 10.0. The van der Waals surface area contributed by atoms with Gasteiger partial charge in [-0.15, -0.1) is 0 Å². The molecule has 0 bridgehead atoms. The van der Waals surface area contributed by atoms with Crippen molar-refractivity contribution in [1.29, 1.82) is 0 Å². The summed E-state index contributed by atoms with van der Waals surface area (Å²) in [6.45, 7) is 0. The highest BCUT2D eigenvalue weighted by atomic mass is 35.5. The number of benzene rings is 2. The van der Waals surface area contributed by atoms with E-state index in [0.29, 0.717) is 10.8 Å². The van der Waals surface area contributed by atoms with E-state index in [9.17, 15) is 0 Å². The Morgan fingerprint density at radius 1 is 0.944 bits per heavy atom. The van der Waals surface area contributed by atoms with E-state index in [1.807, 2.05) is 24.3 Å². The average Bonchev–Trinajstić information content (AvgIpc) is 2.41. The Labute approximate surface area is 110 Å². The third-order valence-electron chi connectivity index (χ3n) is 2.95. The van der Waals surface area contributed by atoms with Crippen LogP contribution in [0.3, 0.4) is 0 Å². The van der Waals surface area contributed by atoms with Crippen LogP contribution in [-0.2, 0) is 0 Å². The van der Waals surface area contributed by atoms with E-state index in [4.69, 9.17) is 17.3 Å². The number of fused-ring (bicyclic) bond motifs is 1. The van der Waals surface area contributed by atoms with Gasteiger partial charge in [0.2, 0.25) is 0 Å². The highest BCUT2D eigenvalue weighted by molar-refractivity contribution is 6.30. The number of rotatable bonds is 1. The molecule has 88 valence electrons. The second-order valence-corrected chi connectivity index (χ2v) is 4.58. The van der Waals surface area contributed by atoms with Crippen molar-refractivity contribution in [2.24, 2.45) is 0 Å². The van der Waals surface area contributed by atoms with Crippen molar-refractivity contribution in [3.8, 4) is 11.1 Å². The third-order valence-corrected chi connectivity index (χ3v) is 3.15. The maximum Gasteiger partial charge on any atom is 0.131 e. The van der Waals surface area contributed by atoms with Gasteiger partial charge in [-0.05, 0) is 28.5 Å². The summed E-state index contributed by atoms with van der Waals surface area (Å²) in [4.78, 5) is 4.08. The van der Waals surface area contributed by atoms with Crippen LogP contribution in [0.5, 0.6) is 0 Å². The average molecular weight is 255 g/mol. The number of anilines is 1. The standard InChI is InChI=1S/C15H11ClN2/c16-13-8-14(15(17)18-9-13)12-6-5-10-3-1-2-4-11(10)7-12/h1-9H,(H2,17,18). The molecule has 2 nitrogen and oxygen atoms in total. The SMILES string of the molecule is Nc1ncc(Cl)cc1-c1ccc2ccccc2c1. The maximum absolute atomic E-state index is 5.97. The molecule has 0 aliphatic rings. The first-order chi connectivity index (χ1) is 8.74. The maximum atomic E-state index is 5.97. The van der Waals surface area contributed by atoms with Crippen molar-refractivity contribution in [2.45, 2.75) is 0 Å². The topological polar surface area (TPSA) is 38.9 Å². The zero-order chi connectivity index (χ0) is 12.5. The van der Waals surface area contributed by atoms with Crippen LogP contribution in [0.1, 0.15) is 0 Å². The fourth-order valence-corrected chi connectivity index (χ4v) is 2.20. The summed E-state index contributed by atoms with van der Waals surface area (Å²) in [6.07, 6.45) is 1.56. The monoisotopic (exact) mass is 254 g/mol. The van der Waals surface area contributed by atoms with Gasteiger partial charge in [0.1, 0.15) is 5.82 Å². The molecular weight excluding hydrogens is 244 g/mol. The summed E-state index contributed by atoms with van der Waals surface area (Å²) in [5, 5.41) is 2.97. The Hall–Kier alpha value is -2.06. The summed E-state index contributed by atoms with van der Waals surface area (Å²) in [5.74, 6) is 0.495. The minimum atomic E-state index is 0.495. The van der Waals surface area contributed by atoms with Crippen molar-refractivity contribution >= 4 is 28.2 Å². The Balaban J connectivity index is 2.22. The summed E-state index contributed by atoms with van der Waals surface area (Å²) in [6, 6.07) is 16.2. The lowest BCUT2D eigenvalue weighted by Crippen LogP contribution is -1.93. The molecule has 3 rings (SSSR count). The molecule has 3 heteroatoms. The summed E-state index contributed by atoms with van der Waals surface area (Å²) in [5.41, 5.74) is 7.79. The number of nitrogen functional groups attached to an aromatic ring is 1. The second-order valence-electron chi connectivity index (χ2n) is 4.15. The van der Waals surface area contributed by atoms with Crippen LogP contribution in [0.15, 0.2) is 54.7 Å². The molecule has 0 saturated carbocycles. The van der Waals surface area contributed by atoms with Crippen molar-refractivity contribution in [2.75, 3.05) is 5.73 Å². The van der Waals surface area contributed by atoms with E-state index in [-0.39, 0.29) is 0 Å². The first-order valence-electron chi connectivity index (χ1n) is 5.64. The van der Waals surface area contributed by atoms with Gasteiger partial charge < -0.3 is 5.73 Å². The minimum Gasteiger partial charge on any atom is -0.383 e. The van der Waals surface area contributed by atoms with Crippen molar-refractivity contribution < 1.29 is 0 Å². The molecule has 2 N–H and O–H groups in total. The Bertz CT molecular complexity index is 723. The number of hydrogen-bond donors (Lipinski definition) is 1. The normalized spacial score (nSPS) is 10.7. The summed E-state index contributed by atoms with van der Waals surface area (Å²) >= 11 is 5.97. The van der Waals surface area contributed by atoms with E-state index >= 15 is 0 Å². The molecule has 0 aliphatic carbocycles. The zero-order valence-electron chi connectivity index (χ0n) is 9.60. The molecule has 0 amide bonds. The van der Waals surface area contributed by atoms with E-state index in [1.165, 1.54) is 10.8 Å². The molecule has 0 spiro atoms. The fourth-order valence-electron chi connectivity index (χ4n) is 2.04. The van der Waals surface area contributed by atoms with Gasteiger partial charge in [0.05, 0.1) is 5.02 Å². The van der Waals surface area contributed by atoms with Crippen molar-refractivity contribution in [3.63, 3.8) is 0 Å². The van der Waals surface area contributed by atoms with Gasteiger partial charge in [0, 0.05) is 11.8 Å². The van der Waals surface area contributed by atoms with Gasteiger partial charge in [-0.25, -0.2) is 4.98 Å². The first-order valence-corrected chi connectivity index (χ1v) is 6.02. The number of halogens is 1. The molecule has 0 saturated heterocycles. The molecule has 2 aromatic carbocycles. The lowest BCUT2D eigenvalue weighted by Gasteiger charge is -2.07. The molecule has 0 atom stereocenters. The molecule has 3 aromatic rings. The first kappa shape index (κ1) is 11.1. The highest BCUT2D eigenvalue weighted by Gasteiger charge is 2.05. The Morgan fingerprint density at radius 3 is 2.56 bits per heavy atom. The zero-order valence-corrected chi connectivity index (χ0v) is 10.4. The van der Waals surface area contributed by atoms with E-state index in [2.05, 4.69) is 29.2 Å². The molecule has 1 heterocycles. The highest BCUT2D eigenvalue weighted by Crippen LogP contribution is 2.29. The molecular formula is C15H11ClN2. The van der Waals surface area contributed by atoms with Crippen LogP contribution < -0.4 is 5.73 Å². The van der Waals surface area contributed by atoms with Crippen molar-refractivity contribution in [3.05, 3.63) is 59.8 Å². The van der Waals surface area contributed by atoms with Crippen LogP contribution in [0.4, 0.5) is 5.82 Å². The molecule has 0 unspecified atom stereocenters. The van der Waals surface area contributed by atoms with Crippen LogP contribution >= 0.6 is 11.6 Å². The van der Waals surface area contributed by atoms with Crippen LogP contribution in [-0.4, -0.2) is 4.98 Å². The van der Waals surface area contributed by atoms with Gasteiger partial charge >= 0.3 is 0 Å². The lowest BCUT2D eigenvalue weighted by molar-refractivity contribution is 1.34. The smallest absolute Gasteiger partial charge is 0.131 e. The van der Waals surface area contributed by atoms with Crippen LogP contribution in [0, 0.1) is 0 Å². The third kappa shape index (κ3) is 1.91. The predicted octanol–water partition coefficient (Wildman–Crippen LogP) is 4.14. The van der Waals surface area contributed by atoms with Gasteiger partial charge in [-0.3, -0.25) is 0 Å². The van der Waals surface area contributed by atoms with Gasteiger partial charge in [0.15, 0.2) is 0 Å².